The number of fused-ring (bicyclic) bond motifs is 1. The molecule has 1 aromatic heterocycles. The van der Waals surface area contributed by atoms with Gasteiger partial charge in [0.1, 0.15) is 34.7 Å². The summed E-state index contributed by atoms with van der Waals surface area (Å²) >= 11 is 0. The van der Waals surface area contributed by atoms with Crippen molar-refractivity contribution in [2.45, 2.75) is 44.4 Å². The fraction of sp³-hybridized carbons (Fsp3) is 0.424. The average molecular weight is 679 g/mol. The minimum atomic E-state index is -4.72. The first kappa shape index (κ1) is 34.7. The lowest BCUT2D eigenvalue weighted by atomic mass is 9.90. The third kappa shape index (κ3) is 6.42. The maximum atomic E-state index is 15.3. The van der Waals surface area contributed by atoms with Gasteiger partial charge in [0.25, 0.3) is 11.5 Å². The van der Waals surface area contributed by atoms with E-state index >= 15 is 8.78 Å². The summed E-state index contributed by atoms with van der Waals surface area (Å²) in [6.45, 7) is 4.85. The molecule has 0 aliphatic carbocycles. The van der Waals surface area contributed by atoms with Crippen LogP contribution in [0.5, 0.6) is 5.75 Å². The average Bonchev–Trinajstić information content (AvgIpc) is 3.05. The van der Waals surface area contributed by atoms with E-state index in [1.165, 1.54) is 18.7 Å². The third-order valence-corrected chi connectivity index (χ3v) is 8.87. The number of aromatic nitrogens is 2. The molecule has 3 aromatic rings. The number of nitrogens with one attached hydrogen (secondary N) is 1. The number of amides is 1. The second-order valence-corrected chi connectivity index (χ2v) is 11.7. The Morgan fingerprint density at radius 1 is 1.12 bits per heavy atom. The number of hydrogen-bond acceptors (Lipinski definition) is 7. The zero-order chi connectivity index (χ0) is 35.1. The molecule has 0 radical (unpaired) electrons. The fourth-order valence-corrected chi connectivity index (χ4v) is 6.14. The van der Waals surface area contributed by atoms with Gasteiger partial charge in [0.15, 0.2) is 0 Å². The van der Waals surface area contributed by atoms with Crippen LogP contribution in [0.2, 0.25) is 0 Å². The van der Waals surface area contributed by atoms with E-state index in [9.17, 15) is 27.6 Å². The Bertz CT molecular complexity index is 1860. The number of halogens is 5. The summed E-state index contributed by atoms with van der Waals surface area (Å²) in [7, 11) is 4.27. The standard InChI is InChI=1S/C33H35F5N4O6/c1-17-27(31(44)41(4)32(45)40(17)3)22-9-8-19(21-7-6-11-48-29(21)22)13-25(18(2)46-5)39-30(43)28-23(34)14-20(15-24(28)35)42-10-12-47-16-26(42)33(36,37)38/h8-9,14-15,25-26H,2,6-7,10-13,16H2,1,3-5H3,(H,39,43)/t25-,26+/m0/s1. The largest absolute Gasteiger partial charge is 0.500 e. The Kier molecular flexibility index (Phi) is 9.72. The zero-order valence-electron chi connectivity index (χ0n) is 26.8. The molecule has 5 rings (SSSR count). The second-order valence-electron chi connectivity index (χ2n) is 11.7. The van der Waals surface area contributed by atoms with Crippen molar-refractivity contribution in [3.8, 4) is 16.9 Å². The fourth-order valence-electron chi connectivity index (χ4n) is 6.14. The maximum Gasteiger partial charge on any atom is 0.411 e. The summed E-state index contributed by atoms with van der Waals surface area (Å²) in [4.78, 5) is 39.8. The van der Waals surface area contributed by atoms with Crippen molar-refractivity contribution in [1.82, 2.24) is 14.5 Å². The Morgan fingerprint density at radius 2 is 1.81 bits per heavy atom. The monoisotopic (exact) mass is 678 g/mol. The van der Waals surface area contributed by atoms with Gasteiger partial charge in [-0.25, -0.2) is 13.6 Å². The number of alkyl halides is 3. The highest BCUT2D eigenvalue weighted by atomic mass is 19.4. The zero-order valence-corrected chi connectivity index (χ0v) is 26.8. The molecule has 10 nitrogen and oxygen atoms in total. The van der Waals surface area contributed by atoms with Crippen LogP contribution in [0.15, 0.2) is 46.2 Å². The molecule has 48 heavy (non-hydrogen) atoms. The lowest BCUT2D eigenvalue weighted by molar-refractivity contribution is -0.167. The molecule has 15 heteroatoms. The maximum absolute atomic E-state index is 15.3. The van der Waals surface area contributed by atoms with E-state index < -0.39 is 59.2 Å². The Balaban J connectivity index is 1.47. The number of morpholine rings is 1. The first-order valence-corrected chi connectivity index (χ1v) is 15.1. The van der Waals surface area contributed by atoms with Gasteiger partial charge in [-0.05, 0) is 43.0 Å². The van der Waals surface area contributed by atoms with Gasteiger partial charge >= 0.3 is 11.9 Å². The minimum absolute atomic E-state index is 0.0526. The molecule has 0 spiro atoms. The topological polar surface area (TPSA) is 104 Å². The van der Waals surface area contributed by atoms with E-state index in [1.54, 1.807) is 26.1 Å². The van der Waals surface area contributed by atoms with Crippen molar-refractivity contribution in [2.24, 2.45) is 14.1 Å². The van der Waals surface area contributed by atoms with Crippen molar-refractivity contribution in [3.63, 3.8) is 0 Å². The van der Waals surface area contributed by atoms with Crippen LogP contribution in [-0.2, 0) is 36.4 Å². The highest BCUT2D eigenvalue weighted by molar-refractivity contribution is 5.95. The normalized spacial score (nSPS) is 16.9. The number of rotatable bonds is 8. The van der Waals surface area contributed by atoms with Crippen LogP contribution in [0.25, 0.3) is 11.1 Å². The van der Waals surface area contributed by atoms with E-state index in [2.05, 4.69) is 11.9 Å². The van der Waals surface area contributed by atoms with E-state index in [-0.39, 0.29) is 31.0 Å². The number of hydrogen-bond donors (Lipinski definition) is 1. The number of nitrogens with zero attached hydrogens (tertiary/aromatic N) is 3. The molecule has 1 saturated heterocycles. The van der Waals surface area contributed by atoms with E-state index in [1.807, 2.05) is 0 Å². The first-order valence-electron chi connectivity index (χ1n) is 15.1. The molecular formula is C33H35F5N4O6. The smallest absolute Gasteiger partial charge is 0.411 e. The van der Waals surface area contributed by atoms with Gasteiger partial charge in [0.05, 0.1) is 38.5 Å². The van der Waals surface area contributed by atoms with Crippen LogP contribution < -0.4 is 26.2 Å². The summed E-state index contributed by atoms with van der Waals surface area (Å²) < 4.78 is 90.1. The SMILES string of the molecule is C=C(OC)[C@H](Cc1ccc(-c2c(C)n(C)c(=O)n(C)c2=O)c2c1CCCO2)NC(=O)c1c(F)cc(N2CCOC[C@@H]2C(F)(F)F)cc1F. The first-order chi connectivity index (χ1) is 22.6. The van der Waals surface area contributed by atoms with Gasteiger partial charge in [-0.2, -0.15) is 13.2 Å². The van der Waals surface area contributed by atoms with E-state index in [0.717, 1.165) is 15.0 Å². The summed E-state index contributed by atoms with van der Waals surface area (Å²) in [5.41, 5.74) is 0.332. The molecule has 2 aliphatic heterocycles. The van der Waals surface area contributed by atoms with Gasteiger partial charge in [0.2, 0.25) is 0 Å². The highest BCUT2D eigenvalue weighted by Gasteiger charge is 2.46. The number of anilines is 1. The predicted octanol–water partition coefficient (Wildman–Crippen LogP) is 3.93. The minimum Gasteiger partial charge on any atom is -0.500 e. The lowest BCUT2D eigenvalue weighted by Gasteiger charge is -2.38. The Morgan fingerprint density at radius 3 is 2.46 bits per heavy atom. The Hall–Kier alpha value is -4.66. The molecule has 0 unspecified atom stereocenters. The van der Waals surface area contributed by atoms with Gasteiger partial charge in [-0.15, -0.1) is 0 Å². The van der Waals surface area contributed by atoms with Crippen molar-refractivity contribution in [2.75, 3.05) is 38.4 Å². The molecule has 0 saturated carbocycles. The van der Waals surface area contributed by atoms with Crippen molar-refractivity contribution in [3.05, 3.63) is 91.5 Å². The second kappa shape index (κ2) is 13.5. The predicted molar refractivity (Wildman–Crippen MR) is 166 cm³/mol. The number of carbonyl (C=O) groups is 1. The van der Waals surface area contributed by atoms with Crippen LogP contribution in [0.3, 0.4) is 0 Å². The molecule has 1 N–H and O–H groups in total. The lowest BCUT2D eigenvalue weighted by Crippen LogP contribution is -2.53. The van der Waals surface area contributed by atoms with Crippen molar-refractivity contribution in [1.29, 1.82) is 0 Å². The summed E-state index contributed by atoms with van der Waals surface area (Å²) in [5.74, 6) is -3.35. The van der Waals surface area contributed by atoms with Crippen LogP contribution in [0, 0.1) is 18.6 Å². The number of methoxy groups -OCH3 is 1. The molecule has 2 aromatic carbocycles. The van der Waals surface area contributed by atoms with E-state index in [0.29, 0.717) is 59.7 Å². The summed E-state index contributed by atoms with van der Waals surface area (Å²) in [6, 6.07) is 1.70. The van der Waals surface area contributed by atoms with Crippen LogP contribution in [-0.4, -0.2) is 66.8 Å². The van der Waals surface area contributed by atoms with Crippen LogP contribution in [0.1, 0.15) is 33.6 Å². The molecule has 2 atom stereocenters. The van der Waals surface area contributed by atoms with Crippen molar-refractivity contribution >= 4 is 11.6 Å². The number of ether oxygens (including phenoxy) is 3. The number of carbonyl (C=O) groups excluding carboxylic acids is 1. The molecule has 2 aliphatic rings. The van der Waals surface area contributed by atoms with Crippen LogP contribution in [0.4, 0.5) is 27.6 Å². The third-order valence-electron chi connectivity index (χ3n) is 8.87. The number of benzene rings is 2. The molecule has 0 bridgehead atoms. The summed E-state index contributed by atoms with van der Waals surface area (Å²) in [6.07, 6.45) is -3.46. The summed E-state index contributed by atoms with van der Waals surface area (Å²) in [5, 5.41) is 2.55. The molecule has 1 fully saturated rings. The van der Waals surface area contributed by atoms with Gasteiger partial charge in [-0.3, -0.25) is 14.2 Å². The van der Waals surface area contributed by atoms with Crippen LogP contribution >= 0.6 is 0 Å². The Labute approximate surface area is 272 Å². The quantitative estimate of drug-likeness (QED) is 0.285. The molecule has 3 heterocycles. The van der Waals surface area contributed by atoms with Crippen molar-refractivity contribution < 1.29 is 41.0 Å². The highest BCUT2D eigenvalue weighted by Crippen LogP contribution is 2.39. The van der Waals surface area contributed by atoms with Gasteiger partial charge in [-0.1, -0.05) is 18.7 Å². The molecule has 1 amide bonds. The molecule has 258 valence electrons. The molecular weight excluding hydrogens is 643 g/mol. The van der Waals surface area contributed by atoms with Gasteiger partial charge in [0, 0.05) is 44.0 Å². The van der Waals surface area contributed by atoms with Gasteiger partial charge < -0.3 is 29.0 Å². The van der Waals surface area contributed by atoms with E-state index in [4.69, 9.17) is 14.2 Å².